The quantitative estimate of drug-likeness (QED) is 0.0801. The molecule has 0 bridgehead atoms. The number of benzene rings is 3. The summed E-state index contributed by atoms with van der Waals surface area (Å²) < 4.78 is 32.1. The van der Waals surface area contributed by atoms with E-state index in [9.17, 15) is 19.4 Å². The topological polar surface area (TPSA) is 169 Å². The van der Waals surface area contributed by atoms with Crippen LogP contribution in [0.5, 0.6) is 0 Å². The van der Waals surface area contributed by atoms with Crippen molar-refractivity contribution in [3.63, 3.8) is 0 Å². The Balaban J connectivity index is 1.50. The van der Waals surface area contributed by atoms with Gasteiger partial charge in [-0.3, -0.25) is 4.79 Å². The zero-order valence-electron chi connectivity index (χ0n) is 27.5. The number of nitriles is 1. The zero-order valence-corrected chi connectivity index (χ0v) is 29.0. The lowest BCUT2D eigenvalue weighted by Gasteiger charge is -2.39. The number of urea groups is 1. The Morgan fingerprint density at radius 1 is 1.12 bits per heavy atom. The van der Waals surface area contributed by atoms with Gasteiger partial charge in [-0.25, -0.2) is 9.18 Å². The lowest BCUT2D eigenvalue weighted by molar-refractivity contribution is -0.119. The number of nitrogens with one attached hydrogen (secondary N) is 3. The number of halogens is 2. The van der Waals surface area contributed by atoms with E-state index in [1.54, 1.807) is 48.5 Å². The SMILES string of the molecule is CC(C)(C)[S+]([O-])NC(CCC1CC1)(c1cccc(C#N)c1)c1ccc(F)c(NC(=O)[C@H]2C[C@H](N=[N+]=[N-])CN2C(=O)Nc2ccc(Cl)cc2)c1. The fourth-order valence-electron chi connectivity index (χ4n) is 5.89. The molecule has 2 unspecified atom stereocenters. The van der Waals surface area contributed by atoms with Crippen LogP contribution in [0.15, 0.2) is 71.8 Å². The van der Waals surface area contributed by atoms with Crippen LogP contribution >= 0.6 is 11.6 Å². The molecule has 1 saturated carbocycles. The predicted octanol–water partition coefficient (Wildman–Crippen LogP) is 7.76. The van der Waals surface area contributed by atoms with Gasteiger partial charge in [0.15, 0.2) is 0 Å². The third-order valence-corrected chi connectivity index (χ3v) is 10.7. The molecule has 2 aliphatic rings. The van der Waals surface area contributed by atoms with E-state index in [4.69, 9.17) is 17.1 Å². The number of nitrogens with zero attached hydrogens (tertiary/aromatic N) is 5. The highest BCUT2D eigenvalue weighted by atomic mass is 35.5. The number of carbonyl (C=O) groups excluding carboxylic acids is 2. The van der Waals surface area contributed by atoms with Crippen LogP contribution in [0.25, 0.3) is 10.4 Å². The normalized spacial score (nSPS) is 19.2. The maximum Gasteiger partial charge on any atom is 0.322 e. The van der Waals surface area contributed by atoms with Crippen LogP contribution < -0.4 is 15.4 Å². The van der Waals surface area contributed by atoms with Crippen molar-refractivity contribution >= 4 is 46.3 Å². The molecule has 3 aromatic rings. The largest absolute Gasteiger partial charge is 0.598 e. The molecule has 1 aliphatic heterocycles. The van der Waals surface area contributed by atoms with Crippen molar-refractivity contribution in [2.24, 2.45) is 11.0 Å². The first kappa shape index (κ1) is 36.0. The molecular weight excluding hydrogens is 667 g/mol. The van der Waals surface area contributed by atoms with Crippen molar-refractivity contribution in [2.45, 2.75) is 75.2 Å². The summed E-state index contributed by atoms with van der Waals surface area (Å²) in [6, 6.07) is 17.7. The van der Waals surface area contributed by atoms with Crippen molar-refractivity contribution < 1.29 is 18.5 Å². The van der Waals surface area contributed by atoms with Gasteiger partial charge in [-0.2, -0.15) is 5.26 Å². The maximum atomic E-state index is 15.6. The van der Waals surface area contributed by atoms with Gasteiger partial charge in [0.1, 0.15) is 22.1 Å². The van der Waals surface area contributed by atoms with Crippen LogP contribution in [0.1, 0.15) is 69.6 Å². The molecule has 49 heavy (non-hydrogen) atoms. The van der Waals surface area contributed by atoms with Crippen molar-refractivity contribution in [3.05, 3.63) is 105 Å². The molecule has 14 heteroatoms. The summed E-state index contributed by atoms with van der Waals surface area (Å²) in [5.41, 5.74) is 9.93. The van der Waals surface area contributed by atoms with Gasteiger partial charge >= 0.3 is 6.03 Å². The molecular formula is C35H38ClFN8O3S. The summed E-state index contributed by atoms with van der Waals surface area (Å²) in [7, 11) is 0. The third kappa shape index (κ3) is 8.65. The van der Waals surface area contributed by atoms with E-state index in [0.29, 0.717) is 39.7 Å². The molecule has 0 aromatic heterocycles. The van der Waals surface area contributed by atoms with E-state index in [1.807, 2.05) is 26.8 Å². The molecule has 0 radical (unpaired) electrons. The van der Waals surface area contributed by atoms with Crippen molar-refractivity contribution in [3.8, 4) is 6.07 Å². The Morgan fingerprint density at radius 2 is 1.84 bits per heavy atom. The first-order valence-electron chi connectivity index (χ1n) is 16.0. The fraction of sp³-hybridized carbons (Fsp3) is 0.400. The average Bonchev–Trinajstić information content (AvgIpc) is 3.81. The lowest BCUT2D eigenvalue weighted by atomic mass is 9.79. The van der Waals surface area contributed by atoms with E-state index in [2.05, 4.69) is 31.5 Å². The summed E-state index contributed by atoms with van der Waals surface area (Å²) in [6.07, 6.45) is 3.50. The highest BCUT2D eigenvalue weighted by molar-refractivity contribution is 7.90. The Morgan fingerprint density at radius 3 is 2.49 bits per heavy atom. The minimum absolute atomic E-state index is 0.0217. The number of amides is 3. The highest BCUT2D eigenvalue weighted by Gasteiger charge is 2.44. The Kier molecular flexibility index (Phi) is 11.1. The van der Waals surface area contributed by atoms with Gasteiger partial charge in [0, 0.05) is 33.5 Å². The van der Waals surface area contributed by atoms with Crippen LogP contribution in [0.3, 0.4) is 0 Å². The molecule has 3 aromatic carbocycles. The van der Waals surface area contributed by atoms with Crippen molar-refractivity contribution in [2.75, 3.05) is 17.2 Å². The zero-order chi connectivity index (χ0) is 35.3. The number of likely N-dealkylation sites (tertiary alicyclic amines) is 1. The number of azide groups is 1. The minimum atomic E-state index is -1.58. The third-order valence-electron chi connectivity index (χ3n) is 8.80. The van der Waals surface area contributed by atoms with E-state index in [0.717, 1.165) is 19.3 Å². The van der Waals surface area contributed by atoms with Crippen LogP contribution in [0.4, 0.5) is 20.6 Å². The second-order valence-corrected chi connectivity index (χ2v) is 15.8. The number of carbonyl (C=O) groups is 2. The maximum absolute atomic E-state index is 15.6. The highest BCUT2D eigenvalue weighted by Crippen LogP contribution is 2.43. The Bertz CT molecular complexity index is 1790. The van der Waals surface area contributed by atoms with Crippen LogP contribution in [0, 0.1) is 23.1 Å². The van der Waals surface area contributed by atoms with Gasteiger partial charge in [0.05, 0.1) is 23.4 Å². The molecule has 0 spiro atoms. The molecule has 3 N–H and O–H groups in total. The molecule has 11 nitrogen and oxygen atoms in total. The lowest BCUT2D eigenvalue weighted by Crippen LogP contribution is -2.52. The van der Waals surface area contributed by atoms with Crippen LogP contribution in [0.2, 0.25) is 5.02 Å². The summed E-state index contributed by atoms with van der Waals surface area (Å²) in [5, 5.41) is 19.4. The monoisotopic (exact) mass is 704 g/mol. The average molecular weight is 705 g/mol. The Labute approximate surface area is 293 Å². The number of rotatable bonds is 11. The van der Waals surface area contributed by atoms with Crippen molar-refractivity contribution in [1.82, 2.24) is 9.62 Å². The summed E-state index contributed by atoms with van der Waals surface area (Å²) in [4.78, 5) is 31.3. The van der Waals surface area contributed by atoms with Crippen LogP contribution in [-0.2, 0) is 21.7 Å². The van der Waals surface area contributed by atoms with Gasteiger partial charge in [-0.05, 0) is 111 Å². The van der Waals surface area contributed by atoms with E-state index in [1.165, 1.54) is 17.0 Å². The number of anilines is 2. The first-order valence-corrected chi connectivity index (χ1v) is 17.5. The molecule has 1 aliphatic carbocycles. The summed E-state index contributed by atoms with van der Waals surface area (Å²) in [6.45, 7) is 5.53. The van der Waals surface area contributed by atoms with Gasteiger partial charge in [-0.1, -0.05) is 47.8 Å². The predicted molar refractivity (Wildman–Crippen MR) is 188 cm³/mol. The molecule has 1 saturated heterocycles. The van der Waals surface area contributed by atoms with Gasteiger partial charge in [0.25, 0.3) is 0 Å². The van der Waals surface area contributed by atoms with Gasteiger partial charge in [-0.15, -0.1) is 4.72 Å². The molecule has 3 amide bonds. The second-order valence-electron chi connectivity index (χ2n) is 13.4. The first-order chi connectivity index (χ1) is 23.3. The second kappa shape index (κ2) is 15.1. The minimum Gasteiger partial charge on any atom is -0.598 e. The molecule has 2 fully saturated rings. The van der Waals surface area contributed by atoms with Crippen LogP contribution in [-0.4, -0.2) is 44.8 Å². The molecule has 256 valence electrons. The Hall–Kier alpha value is -4.31. The fourth-order valence-corrected chi connectivity index (χ4v) is 6.98. The summed E-state index contributed by atoms with van der Waals surface area (Å²) in [5.74, 6) is -0.878. The molecule has 4 atom stereocenters. The smallest absolute Gasteiger partial charge is 0.322 e. The van der Waals surface area contributed by atoms with Crippen molar-refractivity contribution in [1.29, 1.82) is 5.26 Å². The number of hydrogen-bond acceptors (Lipinski definition) is 6. The number of hydrogen-bond donors (Lipinski definition) is 3. The molecule has 1 heterocycles. The standard InChI is InChI=1S/C35H38ClFN8O3S/c1-34(2,3)49(48)43-35(16-15-22-7-8-22,24-6-4-5-23(17-24)20-38)25-9-14-29(37)30(18-25)41-32(46)31-19-28(42-44-39)21-45(31)33(47)40-27-12-10-26(36)11-13-27/h4-6,9-14,17-18,22,28,31,43H,7-8,15-16,19,21H2,1-3H3,(H,40,47)(H,41,46)/t28-,31+,35?,49?/m0/s1. The van der Waals surface area contributed by atoms with E-state index in [-0.39, 0.29) is 18.7 Å². The van der Waals surface area contributed by atoms with Gasteiger partial charge in [0.2, 0.25) is 5.91 Å². The summed E-state index contributed by atoms with van der Waals surface area (Å²) >= 11 is 4.38. The van der Waals surface area contributed by atoms with E-state index >= 15 is 4.39 Å². The molecule has 5 rings (SSSR count). The van der Waals surface area contributed by atoms with E-state index < -0.39 is 51.5 Å². The van der Waals surface area contributed by atoms with Gasteiger partial charge < -0.3 is 20.1 Å².